The number of para-hydroxylation sites is 1. The minimum Gasteiger partial charge on any atom is -0.318 e. The van der Waals surface area contributed by atoms with Crippen molar-refractivity contribution in [2.75, 3.05) is 5.32 Å². The maximum absolute atomic E-state index is 12.2. The van der Waals surface area contributed by atoms with E-state index in [9.17, 15) is 18.0 Å². The predicted molar refractivity (Wildman–Crippen MR) is 59.8 cm³/mol. The van der Waals surface area contributed by atoms with Crippen LogP contribution in [0.25, 0.3) is 0 Å². The van der Waals surface area contributed by atoms with Gasteiger partial charge in [0.15, 0.2) is 0 Å². The van der Waals surface area contributed by atoms with Crippen molar-refractivity contribution < 1.29 is 18.0 Å². The van der Waals surface area contributed by atoms with Crippen LogP contribution in [0.1, 0.15) is 26.3 Å². The van der Waals surface area contributed by atoms with Crippen molar-refractivity contribution in [2.24, 2.45) is 0 Å². The molecule has 0 bridgehead atoms. The summed E-state index contributed by atoms with van der Waals surface area (Å²) in [5.74, 6) is -1.95. The van der Waals surface area contributed by atoms with Gasteiger partial charge in [-0.3, -0.25) is 4.79 Å². The summed E-state index contributed by atoms with van der Waals surface area (Å²) in [7, 11) is 0. The average molecular weight is 245 g/mol. The van der Waals surface area contributed by atoms with Crippen LogP contribution in [0.3, 0.4) is 0 Å². The smallest absolute Gasteiger partial charge is 0.318 e. The molecule has 0 heterocycles. The average Bonchev–Trinajstić information content (AvgIpc) is 2.15. The number of benzene rings is 1. The Kier molecular flexibility index (Phi) is 3.50. The molecule has 1 rings (SSSR count). The molecule has 0 fully saturated rings. The zero-order valence-corrected chi connectivity index (χ0v) is 9.85. The van der Waals surface area contributed by atoms with Gasteiger partial charge in [0.05, 0.1) is 0 Å². The lowest BCUT2D eigenvalue weighted by atomic mass is 9.86. The summed E-state index contributed by atoms with van der Waals surface area (Å²) in [6, 6.07) is 6.47. The molecular weight excluding hydrogens is 231 g/mol. The minimum absolute atomic E-state index is 0.197. The van der Waals surface area contributed by atoms with E-state index in [1.165, 1.54) is 6.07 Å². The molecule has 0 saturated heterocycles. The lowest BCUT2D eigenvalue weighted by molar-refractivity contribution is -0.167. The van der Waals surface area contributed by atoms with Gasteiger partial charge in [0.25, 0.3) is 0 Å². The van der Waals surface area contributed by atoms with Gasteiger partial charge in [-0.15, -0.1) is 0 Å². The van der Waals surface area contributed by atoms with Gasteiger partial charge in [-0.05, 0) is 17.0 Å². The Hall–Kier alpha value is -1.52. The number of amides is 1. The maximum atomic E-state index is 12.2. The molecule has 0 aliphatic carbocycles. The van der Waals surface area contributed by atoms with Gasteiger partial charge in [-0.1, -0.05) is 39.0 Å². The van der Waals surface area contributed by atoms with Crippen molar-refractivity contribution >= 4 is 11.6 Å². The molecule has 1 N–H and O–H groups in total. The Labute approximate surface area is 97.8 Å². The Morgan fingerprint density at radius 1 is 1.12 bits per heavy atom. The number of carbonyl (C=O) groups is 1. The minimum atomic E-state index is -4.87. The summed E-state index contributed by atoms with van der Waals surface area (Å²) in [5, 5.41) is 1.89. The molecule has 5 heteroatoms. The molecule has 0 aliphatic rings. The fourth-order valence-corrected chi connectivity index (χ4v) is 1.44. The van der Waals surface area contributed by atoms with Crippen molar-refractivity contribution in [1.29, 1.82) is 0 Å². The van der Waals surface area contributed by atoms with Gasteiger partial charge < -0.3 is 5.32 Å². The van der Waals surface area contributed by atoms with Crippen LogP contribution in [-0.4, -0.2) is 12.1 Å². The third kappa shape index (κ3) is 3.47. The van der Waals surface area contributed by atoms with E-state index in [4.69, 9.17) is 0 Å². The maximum Gasteiger partial charge on any atom is 0.471 e. The van der Waals surface area contributed by atoms with E-state index < -0.39 is 12.1 Å². The van der Waals surface area contributed by atoms with E-state index in [2.05, 4.69) is 0 Å². The van der Waals surface area contributed by atoms with Crippen molar-refractivity contribution in [1.82, 2.24) is 0 Å². The predicted octanol–water partition coefficient (Wildman–Crippen LogP) is 3.48. The molecule has 0 aromatic heterocycles. The second-order valence-electron chi connectivity index (χ2n) is 4.75. The number of hydrogen-bond donors (Lipinski definition) is 1. The molecule has 1 aromatic rings. The number of anilines is 1. The fraction of sp³-hybridized carbons (Fsp3) is 0.417. The van der Waals surface area contributed by atoms with Crippen LogP contribution in [0.2, 0.25) is 0 Å². The summed E-state index contributed by atoms with van der Waals surface area (Å²) >= 11 is 0. The van der Waals surface area contributed by atoms with Gasteiger partial charge in [0, 0.05) is 5.69 Å². The number of rotatable bonds is 1. The Morgan fingerprint density at radius 2 is 1.65 bits per heavy atom. The quantitative estimate of drug-likeness (QED) is 0.806. The summed E-state index contributed by atoms with van der Waals surface area (Å²) in [5.41, 5.74) is 0.523. The largest absolute Gasteiger partial charge is 0.471 e. The summed E-state index contributed by atoms with van der Waals surface area (Å²) < 4.78 is 36.5. The molecule has 17 heavy (non-hydrogen) atoms. The highest BCUT2D eigenvalue weighted by Gasteiger charge is 2.39. The van der Waals surface area contributed by atoms with E-state index in [0.717, 1.165) is 0 Å². The highest BCUT2D eigenvalue weighted by molar-refractivity contribution is 5.95. The van der Waals surface area contributed by atoms with E-state index in [0.29, 0.717) is 5.56 Å². The van der Waals surface area contributed by atoms with E-state index in [1.54, 1.807) is 18.2 Å². The SMILES string of the molecule is CC(C)(C)c1ccccc1NC(=O)C(F)(F)F. The molecule has 0 atom stereocenters. The van der Waals surface area contributed by atoms with E-state index in [-0.39, 0.29) is 11.1 Å². The van der Waals surface area contributed by atoms with Gasteiger partial charge in [-0.2, -0.15) is 13.2 Å². The van der Waals surface area contributed by atoms with Crippen LogP contribution in [0.5, 0.6) is 0 Å². The van der Waals surface area contributed by atoms with Gasteiger partial charge >= 0.3 is 12.1 Å². The van der Waals surface area contributed by atoms with E-state index >= 15 is 0 Å². The lowest BCUT2D eigenvalue weighted by Crippen LogP contribution is -2.31. The van der Waals surface area contributed by atoms with Crippen molar-refractivity contribution in [2.45, 2.75) is 32.4 Å². The molecule has 2 nitrogen and oxygen atoms in total. The van der Waals surface area contributed by atoms with Crippen LogP contribution in [0.15, 0.2) is 24.3 Å². The van der Waals surface area contributed by atoms with E-state index in [1.807, 2.05) is 26.1 Å². The first-order valence-electron chi connectivity index (χ1n) is 5.10. The van der Waals surface area contributed by atoms with Crippen molar-refractivity contribution in [3.8, 4) is 0 Å². The van der Waals surface area contributed by atoms with Gasteiger partial charge in [0.2, 0.25) is 0 Å². The zero-order valence-electron chi connectivity index (χ0n) is 9.85. The van der Waals surface area contributed by atoms with Crippen molar-refractivity contribution in [3.63, 3.8) is 0 Å². The molecule has 94 valence electrons. The Bertz CT molecular complexity index is 418. The topological polar surface area (TPSA) is 29.1 Å². The summed E-state index contributed by atoms with van der Waals surface area (Å²) in [6.45, 7) is 5.60. The summed E-state index contributed by atoms with van der Waals surface area (Å²) in [6.07, 6.45) is -4.87. The fourth-order valence-electron chi connectivity index (χ4n) is 1.44. The van der Waals surface area contributed by atoms with Gasteiger partial charge in [-0.25, -0.2) is 0 Å². The molecule has 1 aromatic carbocycles. The molecule has 0 saturated carbocycles. The molecule has 0 radical (unpaired) electrons. The number of carbonyl (C=O) groups excluding carboxylic acids is 1. The van der Waals surface area contributed by atoms with Crippen LogP contribution in [0.4, 0.5) is 18.9 Å². The first-order valence-corrected chi connectivity index (χ1v) is 5.10. The molecule has 0 spiro atoms. The molecule has 0 aliphatic heterocycles. The standard InChI is InChI=1S/C12H14F3NO/c1-11(2,3)8-6-4-5-7-9(8)16-10(17)12(13,14)15/h4-7H,1-3H3,(H,16,17). The molecular formula is C12H14F3NO. The van der Waals surface area contributed by atoms with Gasteiger partial charge in [0.1, 0.15) is 0 Å². The number of halogens is 3. The van der Waals surface area contributed by atoms with Crippen LogP contribution >= 0.6 is 0 Å². The zero-order chi connectivity index (χ0) is 13.3. The first kappa shape index (κ1) is 13.5. The monoisotopic (exact) mass is 245 g/mol. The third-order valence-electron chi connectivity index (χ3n) is 2.24. The highest BCUT2D eigenvalue weighted by Crippen LogP contribution is 2.30. The number of nitrogens with one attached hydrogen (secondary N) is 1. The molecule has 0 unspecified atom stereocenters. The third-order valence-corrected chi connectivity index (χ3v) is 2.24. The molecule has 1 amide bonds. The number of alkyl halides is 3. The highest BCUT2D eigenvalue weighted by atomic mass is 19.4. The second-order valence-corrected chi connectivity index (χ2v) is 4.75. The first-order chi connectivity index (χ1) is 7.62. The van der Waals surface area contributed by atoms with Crippen LogP contribution in [0, 0.1) is 0 Å². The normalized spacial score (nSPS) is 12.4. The Balaban J connectivity index is 3.04. The van der Waals surface area contributed by atoms with Crippen LogP contribution < -0.4 is 5.32 Å². The Morgan fingerprint density at radius 3 is 2.12 bits per heavy atom. The lowest BCUT2D eigenvalue weighted by Gasteiger charge is -2.23. The van der Waals surface area contributed by atoms with Crippen LogP contribution in [-0.2, 0) is 10.2 Å². The van der Waals surface area contributed by atoms with Crippen molar-refractivity contribution in [3.05, 3.63) is 29.8 Å². The second kappa shape index (κ2) is 4.39. The number of hydrogen-bond acceptors (Lipinski definition) is 1. The summed E-state index contributed by atoms with van der Waals surface area (Å²) in [4.78, 5) is 10.9.